The van der Waals surface area contributed by atoms with Crippen LogP contribution in [0.4, 0.5) is 0 Å². The molecule has 1 rings (SSSR count). The molecule has 0 aliphatic carbocycles. The van der Waals surface area contributed by atoms with Gasteiger partial charge in [0.25, 0.3) is 4.21 Å². The Labute approximate surface area is 86.6 Å². The molecule has 1 aliphatic rings. The zero-order valence-electron chi connectivity index (χ0n) is 5.97. The number of ether oxygens (including phenoxy) is 1. The smallest absolute Gasteiger partial charge is 0.345 e. The second-order valence-electron chi connectivity index (χ2n) is 2.00. The maximum Gasteiger partial charge on any atom is 0.345 e. The van der Waals surface area contributed by atoms with E-state index in [2.05, 4.69) is 20.7 Å². The third kappa shape index (κ3) is 1.41. The van der Waals surface area contributed by atoms with Gasteiger partial charge in [0.2, 0.25) is 5.78 Å². The fourth-order valence-electron chi connectivity index (χ4n) is 0.666. The van der Waals surface area contributed by atoms with E-state index in [1.165, 1.54) is 12.5 Å². The van der Waals surface area contributed by atoms with E-state index >= 15 is 0 Å². The molecular formula is C6H4BrClO3S. The lowest BCUT2D eigenvalue weighted by Gasteiger charge is -2.14. The number of hydrogen-bond acceptors (Lipinski definition) is 4. The molecule has 0 saturated carbocycles. The number of allylic oxidation sites excluding steroid dienone is 1. The van der Waals surface area contributed by atoms with E-state index in [4.69, 9.17) is 11.6 Å². The number of methoxy groups -OCH3 is 1. The first-order valence-electron chi connectivity index (χ1n) is 2.88. The van der Waals surface area contributed by atoms with Crippen molar-refractivity contribution in [1.29, 1.82) is 0 Å². The predicted molar refractivity (Wildman–Crippen MR) is 50.2 cm³/mol. The molecule has 6 heteroatoms. The first-order valence-corrected chi connectivity index (χ1v) is 4.93. The van der Waals surface area contributed by atoms with Crippen LogP contribution in [-0.4, -0.2) is 23.1 Å². The summed E-state index contributed by atoms with van der Waals surface area (Å²) in [7, 11) is 1.19. The molecule has 1 aliphatic heterocycles. The van der Waals surface area contributed by atoms with Crippen LogP contribution in [0.25, 0.3) is 0 Å². The van der Waals surface area contributed by atoms with E-state index in [-0.39, 0.29) is 0 Å². The van der Waals surface area contributed by atoms with Crippen LogP contribution < -0.4 is 0 Å². The van der Waals surface area contributed by atoms with Gasteiger partial charge in [-0.15, -0.1) is 0 Å². The van der Waals surface area contributed by atoms with Gasteiger partial charge in [0.15, 0.2) is 0 Å². The van der Waals surface area contributed by atoms with Crippen molar-refractivity contribution >= 4 is 51.0 Å². The molecule has 1 unspecified atom stereocenters. The molecule has 0 aromatic carbocycles. The van der Waals surface area contributed by atoms with Gasteiger partial charge < -0.3 is 4.74 Å². The van der Waals surface area contributed by atoms with Crippen molar-refractivity contribution < 1.29 is 14.3 Å². The van der Waals surface area contributed by atoms with Crippen molar-refractivity contribution in [2.75, 3.05) is 7.11 Å². The third-order valence-corrected chi connectivity index (χ3v) is 3.80. The summed E-state index contributed by atoms with van der Waals surface area (Å²) >= 11 is 9.62. The summed E-state index contributed by atoms with van der Waals surface area (Å²) in [5.41, 5.74) is 0. The van der Waals surface area contributed by atoms with Gasteiger partial charge in [0.05, 0.1) is 11.6 Å². The second-order valence-corrected chi connectivity index (χ2v) is 4.73. The highest BCUT2D eigenvalue weighted by Crippen LogP contribution is 2.43. The number of halogens is 2. The highest BCUT2D eigenvalue weighted by Gasteiger charge is 2.50. The molecular weight excluding hydrogens is 267 g/mol. The van der Waals surface area contributed by atoms with Crippen molar-refractivity contribution in [3.63, 3.8) is 0 Å². The molecule has 0 N–H and O–H groups in total. The Bertz CT molecular complexity index is 278. The second kappa shape index (κ2) is 3.40. The molecule has 3 nitrogen and oxygen atoms in total. The molecule has 0 aromatic heterocycles. The van der Waals surface area contributed by atoms with E-state index in [0.717, 1.165) is 11.8 Å². The van der Waals surface area contributed by atoms with Crippen LogP contribution in [0, 0.1) is 0 Å². The number of esters is 1. The molecule has 0 fully saturated rings. The molecule has 0 saturated heterocycles. The molecule has 0 amide bonds. The minimum atomic E-state index is -1.62. The Morgan fingerprint density at radius 3 is 2.75 bits per heavy atom. The number of carbonyl (C=O) groups is 2. The van der Waals surface area contributed by atoms with Gasteiger partial charge >= 0.3 is 5.97 Å². The van der Waals surface area contributed by atoms with Crippen molar-refractivity contribution in [1.82, 2.24) is 0 Å². The molecule has 66 valence electrons. The summed E-state index contributed by atoms with van der Waals surface area (Å²) < 4.78 is 3.07. The summed E-state index contributed by atoms with van der Waals surface area (Å²) in [5, 5.41) is 1.48. The van der Waals surface area contributed by atoms with Gasteiger partial charge in [-0.05, 0) is 21.3 Å². The molecule has 0 aromatic rings. The number of alkyl halides is 1. The van der Waals surface area contributed by atoms with E-state index in [9.17, 15) is 9.59 Å². The van der Waals surface area contributed by atoms with Gasteiger partial charge in [-0.2, -0.15) is 0 Å². The van der Waals surface area contributed by atoms with Crippen LogP contribution in [-0.2, 0) is 14.3 Å². The van der Waals surface area contributed by atoms with E-state index < -0.39 is 16.0 Å². The lowest BCUT2D eigenvalue weighted by atomic mass is 10.3. The fraction of sp³-hybridized carbons (Fsp3) is 0.333. The van der Waals surface area contributed by atoms with Crippen molar-refractivity contribution in [2.45, 2.75) is 4.21 Å². The van der Waals surface area contributed by atoms with Gasteiger partial charge in [-0.3, -0.25) is 4.79 Å². The highest BCUT2D eigenvalue weighted by molar-refractivity contribution is 9.12. The summed E-state index contributed by atoms with van der Waals surface area (Å²) in [4.78, 5) is 22.3. The average Bonchev–Trinajstić information content (AvgIpc) is 2.33. The van der Waals surface area contributed by atoms with Crippen LogP contribution >= 0.6 is 39.3 Å². The highest BCUT2D eigenvalue weighted by atomic mass is 79.9. The standard InChI is InChI=1S/C6H4BrClO3S/c1-11-5(10)6(8)4(9)3(7)2-12-6/h2H,1H3. The summed E-state index contributed by atoms with van der Waals surface area (Å²) in [5.74, 6) is -1.22. The van der Waals surface area contributed by atoms with Crippen LogP contribution in [0.1, 0.15) is 0 Å². The molecule has 0 radical (unpaired) electrons. The minimum absolute atomic E-state index is 0.299. The van der Waals surface area contributed by atoms with Crippen LogP contribution in [0.5, 0.6) is 0 Å². The topological polar surface area (TPSA) is 43.4 Å². The zero-order chi connectivity index (χ0) is 9.35. The monoisotopic (exact) mass is 270 g/mol. The van der Waals surface area contributed by atoms with E-state index in [0.29, 0.717) is 4.48 Å². The third-order valence-electron chi connectivity index (χ3n) is 1.28. The van der Waals surface area contributed by atoms with Crippen molar-refractivity contribution in [2.24, 2.45) is 0 Å². The number of carbonyl (C=O) groups excluding carboxylic acids is 2. The number of hydrogen-bond donors (Lipinski definition) is 0. The van der Waals surface area contributed by atoms with Crippen LogP contribution in [0.15, 0.2) is 9.89 Å². The summed E-state index contributed by atoms with van der Waals surface area (Å²) in [6, 6.07) is 0. The number of rotatable bonds is 1. The number of ketones is 1. The summed E-state index contributed by atoms with van der Waals surface area (Å²) in [6.07, 6.45) is 0. The molecule has 1 atom stereocenters. The Morgan fingerprint density at radius 1 is 1.83 bits per heavy atom. The van der Waals surface area contributed by atoms with Crippen molar-refractivity contribution in [3.05, 3.63) is 9.89 Å². The fourth-order valence-corrected chi connectivity index (χ4v) is 2.57. The first kappa shape index (κ1) is 10.1. The molecule has 0 spiro atoms. The SMILES string of the molecule is COC(=O)C1(Cl)SC=C(Br)C1=O. The normalized spacial score (nSPS) is 28.6. The van der Waals surface area contributed by atoms with E-state index in [1.54, 1.807) is 0 Å². The summed E-state index contributed by atoms with van der Waals surface area (Å²) in [6.45, 7) is 0. The maximum absolute atomic E-state index is 11.3. The maximum atomic E-state index is 11.3. The van der Waals surface area contributed by atoms with Crippen LogP contribution in [0.3, 0.4) is 0 Å². The predicted octanol–water partition coefficient (Wildman–Crippen LogP) is 1.65. The molecule has 12 heavy (non-hydrogen) atoms. The largest absolute Gasteiger partial charge is 0.467 e. The van der Waals surface area contributed by atoms with Gasteiger partial charge in [-0.25, -0.2) is 4.79 Å². The molecule has 0 bridgehead atoms. The Morgan fingerprint density at radius 2 is 2.42 bits per heavy atom. The Balaban J connectivity index is 2.91. The van der Waals surface area contributed by atoms with E-state index in [1.807, 2.05) is 0 Å². The zero-order valence-corrected chi connectivity index (χ0v) is 9.12. The lowest BCUT2D eigenvalue weighted by Crippen LogP contribution is -2.35. The van der Waals surface area contributed by atoms with Crippen LogP contribution in [0.2, 0.25) is 0 Å². The van der Waals surface area contributed by atoms with Gasteiger partial charge in [0.1, 0.15) is 0 Å². The van der Waals surface area contributed by atoms with Crippen molar-refractivity contribution in [3.8, 4) is 0 Å². The first-order chi connectivity index (χ1) is 5.52. The van der Waals surface area contributed by atoms with Gasteiger partial charge in [0, 0.05) is 0 Å². The quantitative estimate of drug-likeness (QED) is 0.413. The average molecular weight is 272 g/mol. The Hall–Kier alpha value is -0.000000000000000111. The minimum Gasteiger partial charge on any atom is -0.467 e. The lowest BCUT2D eigenvalue weighted by molar-refractivity contribution is -0.143. The Kier molecular flexibility index (Phi) is 2.85. The number of thioether (sulfide) groups is 1. The molecule has 1 heterocycles. The number of Topliss-reactive ketones (excluding diaryl/α,β-unsaturated/α-hetero) is 1. The van der Waals surface area contributed by atoms with Gasteiger partial charge in [-0.1, -0.05) is 23.4 Å².